The minimum absolute atomic E-state index is 0.675. The first kappa shape index (κ1) is 13.7. The average Bonchev–Trinajstić information content (AvgIpc) is 2.74. The predicted octanol–water partition coefficient (Wildman–Crippen LogP) is 2.96. The van der Waals surface area contributed by atoms with Gasteiger partial charge in [0.1, 0.15) is 5.69 Å². The first-order chi connectivity index (χ1) is 10.2. The third-order valence-corrected chi connectivity index (χ3v) is 3.56. The molecule has 2 heterocycles. The number of ether oxygens (including phenoxy) is 2. The molecule has 1 N–H and O–H groups in total. The quantitative estimate of drug-likeness (QED) is 0.919. The lowest BCUT2D eigenvalue weighted by molar-refractivity contribution is 0.297. The second-order valence-corrected chi connectivity index (χ2v) is 5.05. The summed E-state index contributed by atoms with van der Waals surface area (Å²) in [6.07, 6.45) is 0.898. The van der Waals surface area contributed by atoms with Gasteiger partial charge < -0.3 is 14.8 Å². The van der Waals surface area contributed by atoms with Crippen molar-refractivity contribution in [1.29, 1.82) is 0 Å². The molecule has 5 heteroatoms. The molecule has 0 fully saturated rings. The van der Waals surface area contributed by atoms with Crippen molar-refractivity contribution in [1.82, 2.24) is 9.97 Å². The molecule has 2 aromatic rings. The van der Waals surface area contributed by atoms with Crippen LogP contribution in [-0.2, 0) is 0 Å². The Morgan fingerprint density at radius 3 is 2.48 bits per heavy atom. The summed E-state index contributed by atoms with van der Waals surface area (Å²) in [6, 6.07) is 5.90. The van der Waals surface area contributed by atoms with Crippen molar-refractivity contribution >= 4 is 5.82 Å². The first-order valence-corrected chi connectivity index (χ1v) is 7.12. The lowest BCUT2D eigenvalue weighted by Gasteiger charge is -2.13. The molecule has 0 saturated heterocycles. The van der Waals surface area contributed by atoms with Gasteiger partial charge in [0, 0.05) is 19.0 Å². The van der Waals surface area contributed by atoms with Gasteiger partial charge in [-0.25, -0.2) is 9.97 Å². The Labute approximate surface area is 124 Å². The molecule has 0 atom stereocenters. The average molecular weight is 285 g/mol. The van der Waals surface area contributed by atoms with E-state index in [1.165, 1.54) is 0 Å². The third kappa shape index (κ3) is 2.63. The van der Waals surface area contributed by atoms with Crippen LogP contribution >= 0.6 is 0 Å². The Morgan fingerprint density at radius 2 is 1.71 bits per heavy atom. The largest absolute Gasteiger partial charge is 0.490 e. The Bertz CT molecular complexity index is 671. The summed E-state index contributed by atoms with van der Waals surface area (Å²) in [6.45, 7) is 5.29. The second-order valence-electron chi connectivity index (χ2n) is 5.05. The number of aromatic nitrogens is 2. The summed E-state index contributed by atoms with van der Waals surface area (Å²) in [5, 5.41) is 3.11. The lowest BCUT2D eigenvalue weighted by atomic mass is 10.1. The smallest absolute Gasteiger partial charge is 0.161 e. The maximum atomic E-state index is 5.74. The maximum Gasteiger partial charge on any atom is 0.161 e. The molecule has 3 rings (SSSR count). The summed E-state index contributed by atoms with van der Waals surface area (Å²) in [7, 11) is 1.85. The van der Waals surface area contributed by atoms with E-state index in [2.05, 4.69) is 15.3 Å². The van der Waals surface area contributed by atoms with Gasteiger partial charge in [-0.2, -0.15) is 0 Å². The van der Waals surface area contributed by atoms with Gasteiger partial charge in [-0.15, -0.1) is 0 Å². The van der Waals surface area contributed by atoms with Crippen molar-refractivity contribution < 1.29 is 9.47 Å². The molecule has 0 amide bonds. The second kappa shape index (κ2) is 5.60. The van der Waals surface area contributed by atoms with E-state index < -0.39 is 0 Å². The number of anilines is 1. The van der Waals surface area contributed by atoms with Crippen molar-refractivity contribution in [3.05, 3.63) is 29.6 Å². The highest BCUT2D eigenvalue weighted by molar-refractivity contribution is 5.73. The zero-order valence-corrected chi connectivity index (χ0v) is 12.6. The fourth-order valence-corrected chi connectivity index (χ4v) is 2.29. The van der Waals surface area contributed by atoms with Gasteiger partial charge in [-0.05, 0) is 32.0 Å². The maximum absolute atomic E-state index is 5.74. The number of aryl methyl sites for hydroxylation is 2. The molecule has 1 aliphatic heterocycles. The van der Waals surface area contributed by atoms with Crippen LogP contribution in [0.15, 0.2) is 18.2 Å². The van der Waals surface area contributed by atoms with Gasteiger partial charge in [0.05, 0.1) is 24.6 Å². The molecule has 1 aromatic heterocycles. The Morgan fingerprint density at radius 1 is 1.00 bits per heavy atom. The normalized spacial score (nSPS) is 13.7. The van der Waals surface area contributed by atoms with E-state index in [0.29, 0.717) is 13.2 Å². The van der Waals surface area contributed by atoms with E-state index in [1.807, 2.05) is 39.1 Å². The molecule has 21 heavy (non-hydrogen) atoms. The molecule has 5 nitrogen and oxygen atoms in total. The number of nitrogens with zero attached hydrogens (tertiary/aromatic N) is 2. The molecule has 0 aliphatic carbocycles. The van der Waals surface area contributed by atoms with Crippen molar-refractivity contribution in [3.8, 4) is 22.8 Å². The highest BCUT2D eigenvalue weighted by atomic mass is 16.5. The molecule has 0 saturated carbocycles. The number of nitrogens with one attached hydrogen (secondary N) is 1. The first-order valence-electron chi connectivity index (χ1n) is 7.12. The van der Waals surface area contributed by atoms with Gasteiger partial charge in [0.15, 0.2) is 17.3 Å². The topological polar surface area (TPSA) is 56.3 Å². The SMILES string of the molecule is CNc1nc(C)c(C)nc1-c1ccc2c(c1)OCCCO2. The van der Waals surface area contributed by atoms with Gasteiger partial charge in [0.25, 0.3) is 0 Å². The summed E-state index contributed by atoms with van der Waals surface area (Å²) in [5.41, 5.74) is 3.66. The standard InChI is InChI=1S/C16H19N3O2/c1-10-11(2)19-16(17-3)15(18-10)12-5-6-13-14(9-12)21-8-4-7-20-13/h5-6,9H,4,7-8H2,1-3H3,(H,17,19). The zero-order chi connectivity index (χ0) is 14.8. The minimum atomic E-state index is 0.675. The molecule has 1 aliphatic rings. The van der Waals surface area contributed by atoms with Crippen LogP contribution in [0.4, 0.5) is 5.82 Å². The molecular formula is C16H19N3O2. The van der Waals surface area contributed by atoms with Crippen LogP contribution in [-0.4, -0.2) is 30.2 Å². The van der Waals surface area contributed by atoms with Gasteiger partial charge in [-0.1, -0.05) is 0 Å². The van der Waals surface area contributed by atoms with Crippen LogP contribution in [0.25, 0.3) is 11.3 Å². The van der Waals surface area contributed by atoms with Gasteiger partial charge in [0.2, 0.25) is 0 Å². The Balaban J connectivity index is 2.08. The molecule has 0 radical (unpaired) electrons. The van der Waals surface area contributed by atoms with E-state index >= 15 is 0 Å². The number of benzene rings is 1. The Hall–Kier alpha value is -2.30. The predicted molar refractivity (Wildman–Crippen MR) is 82.1 cm³/mol. The van der Waals surface area contributed by atoms with E-state index in [0.717, 1.165) is 46.4 Å². The summed E-state index contributed by atoms with van der Waals surface area (Å²) in [4.78, 5) is 9.22. The number of hydrogen-bond donors (Lipinski definition) is 1. The van der Waals surface area contributed by atoms with Crippen molar-refractivity contribution in [2.75, 3.05) is 25.6 Å². The zero-order valence-electron chi connectivity index (χ0n) is 12.6. The van der Waals surface area contributed by atoms with E-state index in [9.17, 15) is 0 Å². The summed E-state index contributed by atoms with van der Waals surface area (Å²) in [5.74, 6) is 2.33. The van der Waals surface area contributed by atoms with Crippen LogP contribution in [0.1, 0.15) is 17.8 Å². The monoisotopic (exact) mass is 285 g/mol. The lowest BCUT2D eigenvalue weighted by Crippen LogP contribution is -2.03. The molecule has 1 aromatic carbocycles. The van der Waals surface area contributed by atoms with Crippen LogP contribution in [0.2, 0.25) is 0 Å². The highest BCUT2D eigenvalue weighted by Gasteiger charge is 2.15. The van der Waals surface area contributed by atoms with E-state index in [4.69, 9.17) is 9.47 Å². The van der Waals surface area contributed by atoms with E-state index in [-0.39, 0.29) is 0 Å². The van der Waals surface area contributed by atoms with Crippen LogP contribution in [0, 0.1) is 13.8 Å². The number of hydrogen-bond acceptors (Lipinski definition) is 5. The number of rotatable bonds is 2. The minimum Gasteiger partial charge on any atom is -0.490 e. The fourth-order valence-electron chi connectivity index (χ4n) is 2.29. The molecule has 0 spiro atoms. The Kier molecular flexibility index (Phi) is 3.64. The van der Waals surface area contributed by atoms with Gasteiger partial charge in [-0.3, -0.25) is 0 Å². The molecule has 110 valence electrons. The van der Waals surface area contributed by atoms with Crippen molar-refractivity contribution in [2.24, 2.45) is 0 Å². The fraction of sp³-hybridized carbons (Fsp3) is 0.375. The van der Waals surface area contributed by atoms with Crippen molar-refractivity contribution in [3.63, 3.8) is 0 Å². The molecule has 0 unspecified atom stereocenters. The molecular weight excluding hydrogens is 266 g/mol. The van der Waals surface area contributed by atoms with E-state index in [1.54, 1.807) is 0 Å². The molecule has 0 bridgehead atoms. The highest BCUT2D eigenvalue weighted by Crippen LogP contribution is 2.35. The van der Waals surface area contributed by atoms with Crippen molar-refractivity contribution in [2.45, 2.75) is 20.3 Å². The van der Waals surface area contributed by atoms with Crippen LogP contribution in [0.5, 0.6) is 11.5 Å². The summed E-state index contributed by atoms with van der Waals surface area (Å²) < 4.78 is 11.4. The van der Waals surface area contributed by atoms with Crippen LogP contribution in [0.3, 0.4) is 0 Å². The van der Waals surface area contributed by atoms with Crippen LogP contribution < -0.4 is 14.8 Å². The third-order valence-electron chi connectivity index (χ3n) is 3.56. The summed E-state index contributed by atoms with van der Waals surface area (Å²) >= 11 is 0. The number of fused-ring (bicyclic) bond motifs is 1. The van der Waals surface area contributed by atoms with Gasteiger partial charge >= 0.3 is 0 Å².